The van der Waals surface area contributed by atoms with Crippen LogP contribution in [0.2, 0.25) is 0 Å². The molecular weight excluding hydrogens is 236 g/mol. The molecule has 2 rings (SSSR count). The number of pyridine rings is 1. The highest BCUT2D eigenvalue weighted by molar-refractivity contribution is 6.04. The van der Waals surface area contributed by atoms with Gasteiger partial charge in [0.25, 0.3) is 5.91 Å². The highest BCUT2D eigenvalue weighted by atomic mass is 16.2. The number of amides is 1. The van der Waals surface area contributed by atoms with Gasteiger partial charge in [-0.15, -0.1) is 0 Å². The Kier molecular flexibility index (Phi) is 3.95. The van der Waals surface area contributed by atoms with Crippen LogP contribution in [-0.2, 0) is 0 Å². The summed E-state index contributed by atoms with van der Waals surface area (Å²) in [6, 6.07) is 11.7. The molecule has 0 spiro atoms. The van der Waals surface area contributed by atoms with E-state index < -0.39 is 0 Å². The predicted octanol–water partition coefficient (Wildman–Crippen LogP) is 3.37. The van der Waals surface area contributed by atoms with Crippen molar-refractivity contribution >= 4 is 11.6 Å². The van der Waals surface area contributed by atoms with Crippen LogP contribution >= 0.6 is 0 Å². The van der Waals surface area contributed by atoms with E-state index in [9.17, 15) is 4.79 Å². The number of carbonyl (C=O) groups excluding carboxylic acids is 1. The number of benzene rings is 1. The van der Waals surface area contributed by atoms with Crippen molar-refractivity contribution in [3.8, 4) is 0 Å². The lowest BCUT2D eigenvalue weighted by Gasteiger charge is -2.21. The van der Waals surface area contributed by atoms with Crippen LogP contribution in [0.25, 0.3) is 0 Å². The molecule has 0 radical (unpaired) electrons. The number of nitrogens with zero attached hydrogens (tertiary/aromatic N) is 2. The first kappa shape index (κ1) is 13.3. The van der Waals surface area contributed by atoms with Gasteiger partial charge in [0, 0.05) is 18.4 Å². The topological polar surface area (TPSA) is 33.2 Å². The number of aromatic nitrogens is 1. The Morgan fingerprint density at radius 3 is 2.53 bits per heavy atom. The van der Waals surface area contributed by atoms with Gasteiger partial charge in [0.15, 0.2) is 0 Å². The average Bonchev–Trinajstić information content (AvgIpc) is 2.39. The van der Waals surface area contributed by atoms with Gasteiger partial charge in [-0.1, -0.05) is 12.1 Å². The highest BCUT2D eigenvalue weighted by Crippen LogP contribution is 2.18. The molecule has 19 heavy (non-hydrogen) atoms. The maximum Gasteiger partial charge on any atom is 0.276 e. The molecule has 0 atom stereocenters. The summed E-state index contributed by atoms with van der Waals surface area (Å²) in [5.74, 6) is -0.0585. The molecule has 3 heteroatoms. The molecule has 0 saturated heterocycles. The minimum Gasteiger partial charge on any atom is -0.307 e. The maximum absolute atomic E-state index is 12.5. The van der Waals surface area contributed by atoms with Gasteiger partial charge in [0.05, 0.1) is 0 Å². The van der Waals surface area contributed by atoms with Gasteiger partial charge in [0.1, 0.15) is 5.69 Å². The van der Waals surface area contributed by atoms with Gasteiger partial charge in [-0.25, -0.2) is 0 Å². The Bertz CT molecular complexity index is 593. The monoisotopic (exact) mass is 254 g/mol. The van der Waals surface area contributed by atoms with E-state index in [-0.39, 0.29) is 5.91 Å². The van der Waals surface area contributed by atoms with Crippen LogP contribution in [-0.4, -0.2) is 17.4 Å². The summed E-state index contributed by atoms with van der Waals surface area (Å²) >= 11 is 0. The fourth-order valence-corrected chi connectivity index (χ4v) is 2.03. The number of anilines is 1. The standard InChI is InChI=1S/C16H18N2O/c1-4-18(14-7-5-6-12(2)10-14)16(19)15-11-13(3)8-9-17-15/h5-11H,4H2,1-3H3. The van der Waals surface area contributed by atoms with Crippen molar-refractivity contribution in [2.45, 2.75) is 20.8 Å². The Labute approximate surface area is 113 Å². The third kappa shape index (κ3) is 2.99. The molecule has 0 fully saturated rings. The number of carbonyl (C=O) groups is 1. The van der Waals surface area contributed by atoms with E-state index in [0.717, 1.165) is 16.8 Å². The SMILES string of the molecule is CCN(C(=O)c1cc(C)ccn1)c1cccc(C)c1. The first-order chi connectivity index (χ1) is 9.11. The van der Waals surface area contributed by atoms with Crippen molar-refractivity contribution in [3.05, 3.63) is 59.4 Å². The van der Waals surface area contributed by atoms with Crippen molar-refractivity contribution < 1.29 is 4.79 Å². The van der Waals surface area contributed by atoms with Crippen LogP contribution < -0.4 is 4.90 Å². The Balaban J connectivity index is 2.34. The Morgan fingerprint density at radius 2 is 1.89 bits per heavy atom. The van der Waals surface area contributed by atoms with E-state index in [1.165, 1.54) is 0 Å². The molecule has 0 unspecified atom stereocenters. The fraction of sp³-hybridized carbons (Fsp3) is 0.250. The van der Waals surface area contributed by atoms with Crippen LogP contribution in [0.4, 0.5) is 5.69 Å². The van der Waals surface area contributed by atoms with Crippen LogP contribution in [0.15, 0.2) is 42.6 Å². The molecule has 0 aliphatic heterocycles. The molecule has 3 nitrogen and oxygen atoms in total. The van der Waals surface area contributed by atoms with Crippen LogP contribution in [0.1, 0.15) is 28.5 Å². The molecule has 0 saturated carbocycles. The molecule has 98 valence electrons. The first-order valence-electron chi connectivity index (χ1n) is 6.43. The number of hydrogen-bond donors (Lipinski definition) is 0. The average molecular weight is 254 g/mol. The minimum atomic E-state index is -0.0585. The summed E-state index contributed by atoms with van der Waals surface area (Å²) in [5, 5.41) is 0. The lowest BCUT2D eigenvalue weighted by molar-refractivity contribution is 0.0983. The van der Waals surface area contributed by atoms with E-state index >= 15 is 0 Å². The number of hydrogen-bond acceptors (Lipinski definition) is 2. The molecule has 0 N–H and O–H groups in total. The molecule has 1 amide bonds. The molecular formula is C16H18N2O. The van der Waals surface area contributed by atoms with Gasteiger partial charge in [-0.2, -0.15) is 0 Å². The quantitative estimate of drug-likeness (QED) is 0.841. The second-order valence-electron chi connectivity index (χ2n) is 4.61. The van der Waals surface area contributed by atoms with Gasteiger partial charge in [-0.3, -0.25) is 9.78 Å². The lowest BCUT2D eigenvalue weighted by Crippen LogP contribution is -2.31. The Hall–Kier alpha value is -2.16. The summed E-state index contributed by atoms with van der Waals surface area (Å²) in [4.78, 5) is 18.4. The van der Waals surface area contributed by atoms with Crippen molar-refractivity contribution in [2.75, 3.05) is 11.4 Å². The van der Waals surface area contributed by atoms with E-state index in [2.05, 4.69) is 4.98 Å². The molecule has 1 aromatic heterocycles. The normalized spacial score (nSPS) is 10.3. The second kappa shape index (κ2) is 5.65. The zero-order valence-electron chi connectivity index (χ0n) is 11.6. The van der Waals surface area contributed by atoms with E-state index in [0.29, 0.717) is 12.2 Å². The van der Waals surface area contributed by atoms with Crippen molar-refractivity contribution in [1.29, 1.82) is 0 Å². The lowest BCUT2D eigenvalue weighted by atomic mass is 10.2. The number of rotatable bonds is 3. The van der Waals surface area contributed by atoms with E-state index in [1.54, 1.807) is 11.1 Å². The second-order valence-corrected chi connectivity index (χ2v) is 4.61. The van der Waals surface area contributed by atoms with Gasteiger partial charge in [0.2, 0.25) is 0 Å². The van der Waals surface area contributed by atoms with Crippen LogP contribution in [0.3, 0.4) is 0 Å². The molecule has 1 heterocycles. The molecule has 0 bridgehead atoms. The highest BCUT2D eigenvalue weighted by Gasteiger charge is 2.17. The molecule has 2 aromatic rings. The van der Waals surface area contributed by atoms with Crippen molar-refractivity contribution in [2.24, 2.45) is 0 Å². The molecule has 1 aromatic carbocycles. The number of aryl methyl sites for hydroxylation is 2. The van der Waals surface area contributed by atoms with Gasteiger partial charge < -0.3 is 4.90 Å². The maximum atomic E-state index is 12.5. The van der Waals surface area contributed by atoms with Crippen molar-refractivity contribution in [3.63, 3.8) is 0 Å². The van der Waals surface area contributed by atoms with E-state index in [1.807, 2.05) is 57.2 Å². The fourth-order valence-electron chi connectivity index (χ4n) is 2.03. The minimum absolute atomic E-state index is 0.0585. The third-order valence-electron chi connectivity index (χ3n) is 3.01. The van der Waals surface area contributed by atoms with Crippen molar-refractivity contribution in [1.82, 2.24) is 4.98 Å². The zero-order chi connectivity index (χ0) is 13.8. The van der Waals surface area contributed by atoms with Crippen LogP contribution in [0.5, 0.6) is 0 Å². The Morgan fingerprint density at radius 1 is 1.16 bits per heavy atom. The molecule has 0 aliphatic carbocycles. The zero-order valence-corrected chi connectivity index (χ0v) is 11.6. The summed E-state index contributed by atoms with van der Waals surface area (Å²) in [6.07, 6.45) is 1.67. The summed E-state index contributed by atoms with van der Waals surface area (Å²) < 4.78 is 0. The smallest absolute Gasteiger partial charge is 0.276 e. The van der Waals surface area contributed by atoms with Gasteiger partial charge >= 0.3 is 0 Å². The third-order valence-corrected chi connectivity index (χ3v) is 3.01. The van der Waals surface area contributed by atoms with E-state index in [4.69, 9.17) is 0 Å². The summed E-state index contributed by atoms with van der Waals surface area (Å²) in [6.45, 7) is 6.57. The molecule has 0 aliphatic rings. The first-order valence-corrected chi connectivity index (χ1v) is 6.43. The predicted molar refractivity (Wildman–Crippen MR) is 77.5 cm³/mol. The van der Waals surface area contributed by atoms with Crippen LogP contribution in [0, 0.1) is 13.8 Å². The summed E-state index contributed by atoms with van der Waals surface area (Å²) in [5.41, 5.74) is 3.58. The van der Waals surface area contributed by atoms with Gasteiger partial charge in [-0.05, 0) is 56.2 Å². The largest absolute Gasteiger partial charge is 0.307 e. The summed E-state index contributed by atoms with van der Waals surface area (Å²) in [7, 11) is 0.